The molecule has 0 bridgehead atoms. The topological polar surface area (TPSA) is 17.1 Å². The molecule has 0 aromatic rings. The second-order valence-electron chi connectivity index (χ2n) is 6.58. The van der Waals surface area contributed by atoms with E-state index in [1.807, 2.05) is 13.8 Å². The molecule has 0 aromatic heterocycles. The first-order chi connectivity index (χ1) is 5.98. The number of ketones is 1. The smallest absolute Gasteiger partial charge is 0.139 e. The van der Waals surface area contributed by atoms with Crippen LogP contribution in [-0.4, -0.2) is 5.78 Å². The average Bonchev–Trinajstić information content (AvgIpc) is 1.97. The van der Waals surface area contributed by atoms with Crippen LogP contribution in [0.15, 0.2) is 0 Å². The molecule has 0 amide bonds. The van der Waals surface area contributed by atoms with Crippen molar-refractivity contribution in [2.75, 3.05) is 0 Å². The Bertz CT molecular complexity index is 180. The van der Waals surface area contributed by atoms with Crippen molar-refractivity contribution in [1.82, 2.24) is 0 Å². The van der Waals surface area contributed by atoms with Gasteiger partial charge in [-0.2, -0.15) is 0 Å². The van der Waals surface area contributed by atoms with Crippen LogP contribution in [0.25, 0.3) is 0 Å². The van der Waals surface area contributed by atoms with Crippen LogP contribution < -0.4 is 0 Å². The van der Waals surface area contributed by atoms with Crippen LogP contribution in [0.1, 0.15) is 55.4 Å². The van der Waals surface area contributed by atoms with Gasteiger partial charge in [-0.1, -0.05) is 55.4 Å². The van der Waals surface area contributed by atoms with Gasteiger partial charge in [0.15, 0.2) is 0 Å². The summed E-state index contributed by atoms with van der Waals surface area (Å²) < 4.78 is 0. The lowest BCUT2D eigenvalue weighted by atomic mass is 9.70. The van der Waals surface area contributed by atoms with Crippen molar-refractivity contribution in [2.24, 2.45) is 22.7 Å². The van der Waals surface area contributed by atoms with Crippen molar-refractivity contribution in [3.63, 3.8) is 0 Å². The molecule has 0 fully saturated rings. The summed E-state index contributed by atoms with van der Waals surface area (Å²) in [6, 6.07) is 0. The van der Waals surface area contributed by atoms with E-state index in [4.69, 9.17) is 0 Å². The van der Waals surface area contributed by atoms with Crippen molar-refractivity contribution in [3.05, 3.63) is 0 Å². The van der Waals surface area contributed by atoms with Gasteiger partial charge in [-0.15, -0.1) is 0 Å². The van der Waals surface area contributed by atoms with Gasteiger partial charge in [0.1, 0.15) is 5.78 Å². The molecule has 0 aliphatic rings. The first-order valence-corrected chi connectivity index (χ1v) is 5.51. The summed E-state index contributed by atoms with van der Waals surface area (Å²) in [7, 11) is 0. The molecule has 0 heterocycles. The molecular formula is C13H26O. The van der Waals surface area contributed by atoms with Crippen LogP contribution in [0.5, 0.6) is 0 Å². The number of carbonyl (C=O) groups excluding carboxylic acids is 1. The normalized spacial score (nSPS) is 17.7. The fraction of sp³-hybridized carbons (Fsp3) is 0.923. The van der Waals surface area contributed by atoms with Crippen molar-refractivity contribution in [2.45, 2.75) is 55.4 Å². The zero-order valence-electron chi connectivity index (χ0n) is 11.1. The predicted octanol–water partition coefficient (Wildman–Crippen LogP) is 3.92. The third-order valence-corrected chi connectivity index (χ3v) is 3.45. The van der Waals surface area contributed by atoms with Gasteiger partial charge in [-0.05, 0) is 10.8 Å². The maximum Gasteiger partial charge on any atom is 0.139 e. The molecule has 0 N–H and O–H groups in total. The van der Waals surface area contributed by atoms with Crippen molar-refractivity contribution in [1.29, 1.82) is 0 Å². The van der Waals surface area contributed by atoms with E-state index in [0.717, 1.165) is 0 Å². The highest BCUT2D eigenvalue weighted by Crippen LogP contribution is 2.34. The van der Waals surface area contributed by atoms with E-state index in [1.165, 1.54) is 0 Å². The zero-order chi connectivity index (χ0) is 11.7. The maximum absolute atomic E-state index is 12.1. The van der Waals surface area contributed by atoms with E-state index < -0.39 is 0 Å². The highest BCUT2D eigenvalue weighted by Gasteiger charge is 2.34. The first-order valence-electron chi connectivity index (χ1n) is 5.51. The van der Waals surface area contributed by atoms with Gasteiger partial charge in [0.2, 0.25) is 0 Å². The van der Waals surface area contributed by atoms with Gasteiger partial charge in [-0.25, -0.2) is 0 Å². The Morgan fingerprint density at radius 1 is 0.786 bits per heavy atom. The van der Waals surface area contributed by atoms with Gasteiger partial charge in [0, 0.05) is 11.8 Å². The molecule has 14 heavy (non-hydrogen) atoms. The maximum atomic E-state index is 12.1. The monoisotopic (exact) mass is 198 g/mol. The standard InChI is InChI=1S/C13H26O/c1-9(12(3,4)5)11(14)10(2)13(6,7)8/h9-10H,1-8H3/t9-,10-/m0/s1. The van der Waals surface area contributed by atoms with Crippen LogP contribution >= 0.6 is 0 Å². The SMILES string of the molecule is C[C@@H](C(=O)[C@H](C)C(C)(C)C)C(C)(C)C. The molecule has 0 rings (SSSR count). The van der Waals surface area contributed by atoms with Crippen molar-refractivity contribution in [3.8, 4) is 0 Å². The lowest BCUT2D eigenvalue weighted by molar-refractivity contribution is -0.131. The Kier molecular flexibility index (Phi) is 3.94. The number of hydrogen-bond acceptors (Lipinski definition) is 1. The van der Waals surface area contributed by atoms with Gasteiger partial charge in [-0.3, -0.25) is 4.79 Å². The molecule has 2 atom stereocenters. The zero-order valence-corrected chi connectivity index (χ0v) is 11.1. The number of Topliss-reactive ketones (excluding diaryl/α,β-unsaturated/α-hetero) is 1. The Morgan fingerprint density at radius 3 is 1.14 bits per heavy atom. The molecule has 0 unspecified atom stereocenters. The van der Waals surface area contributed by atoms with Crippen LogP contribution in [0.3, 0.4) is 0 Å². The van der Waals surface area contributed by atoms with E-state index in [9.17, 15) is 4.79 Å². The summed E-state index contributed by atoms with van der Waals surface area (Å²) in [6.45, 7) is 16.9. The van der Waals surface area contributed by atoms with E-state index in [-0.39, 0.29) is 22.7 Å². The molecule has 84 valence electrons. The predicted molar refractivity (Wildman–Crippen MR) is 62.2 cm³/mol. The van der Waals surface area contributed by atoms with Gasteiger partial charge in [0.25, 0.3) is 0 Å². The molecule has 0 aliphatic heterocycles. The fourth-order valence-corrected chi connectivity index (χ4v) is 1.23. The highest BCUT2D eigenvalue weighted by molar-refractivity contribution is 5.84. The molecule has 0 radical (unpaired) electrons. The van der Waals surface area contributed by atoms with Gasteiger partial charge < -0.3 is 0 Å². The highest BCUT2D eigenvalue weighted by atomic mass is 16.1. The minimum absolute atomic E-state index is 0.0800. The minimum Gasteiger partial charge on any atom is -0.299 e. The van der Waals surface area contributed by atoms with Crippen LogP contribution in [0, 0.1) is 22.7 Å². The van der Waals surface area contributed by atoms with E-state index in [1.54, 1.807) is 0 Å². The first kappa shape index (κ1) is 13.7. The Balaban J connectivity index is 4.65. The third kappa shape index (κ3) is 3.43. The van der Waals surface area contributed by atoms with E-state index >= 15 is 0 Å². The molecule has 0 aromatic carbocycles. The molecule has 0 saturated carbocycles. The second kappa shape index (κ2) is 4.04. The van der Waals surface area contributed by atoms with Gasteiger partial charge >= 0.3 is 0 Å². The summed E-state index contributed by atoms with van der Waals surface area (Å²) in [5.74, 6) is 0.665. The minimum atomic E-state index is 0.0800. The second-order valence-corrected chi connectivity index (χ2v) is 6.58. The summed E-state index contributed by atoms with van der Waals surface area (Å²) in [6.07, 6.45) is 0. The average molecular weight is 198 g/mol. The Hall–Kier alpha value is -0.330. The number of hydrogen-bond donors (Lipinski definition) is 0. The van der Waals surface area contributed by atoms with Crippen molar-refractivity contribution < 1.29 is 4.79 Å². The molecule has 0 saturated heterocycles. The summed E-state index contributed by atoms with van der Waals surface area (Å²) in [5.41, 5.74) is 0.160. The lowest BCUT2D eigenvalue weighted by Crippen LogP contribution is -2.35. The molecule has 1 heteroatoms. The number of rotatable bonds is 2. The van der Waals surface area contributed by atoms with Gasteiger partial charge in [0.05, 0.1) is 0 Å². The number of carbonyl (C=O) groups is 1. The lowest BCUT2D eigenvalue weighted by Gasteiger charge is -2.33. The molecule has 0 aliphatic carbocycles. The summed E-state index contributed by atoms with van der Waals surface area (Å²) >= 11 is 0. The molecular weight excluding hydrogens is 172 g/mol. The van der Waals surface area contributed by atoms with E-state index in [0.29, 0.717) is 5.78 Å². The van der Waals surface area contributed by atoms with Crippen LogP contribution in [-0.2, 0) is 4.79 Å². The Labute approximate surface area is 89.3 Å². The fourth-order valence-electron chi connectivity index (χ4n) is 1.23. The third-order valence-electron chi connectivity index (χ3n) is 3.45. The largest absolute Gasteiger partial charge is 0.299 e. The van der Waals surface area contributed by atoms with E-state index in [2.05, 4.69) is 41.5 Å². The molecule has 1 nitrogen and oxygen atoms in total. The Morgan fingerprint density at radius 2 is 1.00 bits per heavy atom. The summed E-state index contributed by atoms with van der Waals surface area (Å²) in [4.78, 5) is 12.1. The van der Waals surface area contributed by atoms with Crippen LogP contribution in [0.4, 0.5) is 0 Å². The van der Waals surface area contributed by atoms with Crippen LogP contribution in [0.2, 0.25) is 0 Å². The van der Waals surface area contributed by atoms with Crippen molar-refractivity contribution >= 4 is 5.78 Å². The quantitative estimate of drug-likeness (QED) is 0.657. The summed E-state index contributed by atoms with van der Waals surface area (Å²) in [5, 5.41) is 0. The molecule has 0 spiro atoms.